The number of anilines is 1. The van der Waals surface area contributed by atoms with Crippen LogP contribution in [0.2, 0.25) is 0 Å². The van der Waals surface area contributed by atoms with Crippen molar-refractivity contribution in [2.24, 2.45) is 0 Å². The maximum Gasteiger partial charge on any atom is 0.326 e. The number of fused-ring (bicyclic) bond motifs is 1. The molecule has 3 rings (SSSR count). The number of aromatic amines is 1. The van der Waals surface area contributed by atoms with Crippen LogP contribution in [-0.2, 0) is 17.8 Å². The molecule has 0 saturated carbocycles. The lowest BCUT2D eigenvalue weighted by Crippen LogP contribution is -2.50. The third-order valence-electron chi connectivity index (χ3n) is 3.19. The number of carbonyl (C=O) groups excluding carboxylic acids is 1. The van der Waals surface area contributed by atoms with Crippen molar-refractivity contribution in [3.8, 4) is 0 Å². The highest BCUT2D eigenvalue weighted by Gasteiger charge is 2.36. The van der Waals surface area contributed by atoms with E-state index in [1.807, 2.05) is 0 Å². The molecule has 2 aromatic rings. The lowest BCUT2D eigenvalue weighted by molar-refractivity contribution is -0.142. The molecule has 21 heavy (non-hydrogen) atoms. The summed E-state index contributed by atoms with van der Waals surface area (Å²) in [6.07, 6.45) is 1.68. The standard InChI is InChI=1S/C11H12N6O3S/c1-5-14-10(21-16-5)15-11(20)17-3-7-6(12-4-13-7)2-8(17)9(18)19/h4,8H,2-3H2,1H3,(H,12,13)(H,18,19)(H,14,15,16,20). The minimum atomic E-state index is -1.06. The number of H-pyrrole nitrogens is 1. The first-order valence-corrected chi connectivity index (χ1v) is 6.94. The SMILES string of the molecule is Cc1nsc(NC(=O)N2Cc3[nH]cnc3CC2C(=O)O)n1. The van der Waals surface area contributed by atoms with Gasteiger partial charge < -0.3 is 15.0 Å². The summed E-state index contributed by atoms with van der Waals surface area (Å²) in [5.74, 6) is -0.508. The third kappa shape index (κ3) is 2.57. The number of aliphatic carboxylic acids is 1. The molecule has 0 fully saturated rings. The van der Waals surface area contributed by atoms with E-state index in [1.165, 1.54) is 11.2 Å². The molecule has 1 aliphatic rings. The van der Waals surface area contributed by atoms with Gasteiger partial charge in [-0.2, -0.15) is 4.37 Å². The zero-order valence-corrected chi connectivity index (χ0v) is 11.8. The van der Waals surface area contributed by atoms with Crippen LogP contribution in [0.4, 0.5) is 9.93 Å². The second kappa shape index (κ2) is 5.13. The van der Waals surface area contributed by atoms with Crippen molar-refractivity contribution in [3.63, 3.8) is 0 Å². The molecule has 110 valence electrons. The Balaban J connectivity index is 1.81. The molecule has 0 spiro atoms. The Kier molecular flexibility index (Phi) is 3.29. The number of imidazole rings is 1. The number of hydrogen-bond acceptors (Lipinski definition) is 6. The minimum Gasteiger partial charge on any atom is -0.480 e. The third-order valence-corrected chi connectivity index (χ3v) is 3.91. The number of rotatable bonds is 2. The normalized spacial score (nSPS) is 17.4. The van der Waals surface area contributed by atoms with Gasteiger partial charge in [-0.15, -0.1) is 0 Å². The molecule has 2 aromatic heterocycles. The van der Waals surface area contributed by atoms with Crippen molar-refractivity contribution in [3.05, 3.63) is 23.5 Å². The number of nitrogens with zero attached hydrogens (tertiary/aromatic N) is 4. The van der Waals surface area contributed by atoms with Crippen LogP contribution < -0.4 is 5.32 Å². The lowest BCUT2D eigenvalue weighted by atomic mass is 10.0. The van der Waals surface area contributed by atoms with E-state index in [-0.39, 0.29) is 13.0 Å². The Morgan fingerprint density at radius 2 is 2.38 bits per heavy atom. The van der Waals surface area contributed by atoms with Crippen LogP contribution in [0, 0.1) is 6.92 Å². The summed E-state index contributed by atoms with van der Waals surface area (Å²) < 4.78 is 3.96. The molecule has 0 aliphatic carbocycles. The Morgan fingerprint density at radius 3 is 3.05 bits per heavy atom. The number of carbonyl (C=O) groups is 2. The lowest BCUT2D eigenvalue weighted by Gasteiger charge is -2.31. The number of urea groups is 1. The molecule has 0 saturated heterocycles. The van der Waals surface area contributed by atoms with Crippen molar-refractivity contribution < 1.29 is 14.7 Å². The van der Waals surface area contributed by atoms with Gasteiger partial charge in [0, 0.05) is 18.0 Å². The number of carboxylic acids is 1. The van der Waals surface area contributed by atoms with Gasteiger partial charge in [-0.3, -0.25) is 5.32 Å². The van der Waals surface area contributed by atoms with Gasteiger partial charge in [0.05, 0.1) is 24.3 Å². The maximum atomic E-state index is 12.3. The van der Waals surface area contributed by atoms with Gasteiger partial charge >= 0.3 is 12.0 Å². The Labute approximate surface area is 123 Å². The number of carboxylic acid groups (broad SMARTS) is 1. The van der Waals surface area contributed by atoms with Crippen molar-refractivity contribution in [2.45, 2.75) is 25.9 Å². The summed E-state index contributed by atoms with van der Waals surface area (Å²) in [4.78, 5) is 35.9. The highest BCUT2D eigenvalue weighted by Crippen LogP contribution is 2.22. The zero-order chi connectivity index (χ0) is 15.0. The minimum absolute atomic E-state index is 0.163. The van der Waals surface area contributed by atoms with Crippen molar-refractivity contribution in [2.75, 3.05) is 5.32 Å². The fourth-order valence-electron chi connectivity index (χ4n) is 2.18. The van der Waals surface area contributed by atoms with Gasteiger partial charge in [-0.1, -0.05) is 0 Å². The van der Waals surface area contributed by atoms with Crippen LogP contribution in [0.5, 0.6) is 0 Å². The van der Waals surface area contributed by atoms with E-state index in [2.05, 4.69) is 24.6 Å². The fraction of sp³-hybridized carbons (Fsp3) is 0.364. The molecule has 0 bridgehead atoms. The van der Waals surface area contributed by atoms with Crippen molar-refractivity contribution in [1.29, 1.82) is 0 Å². The molecule has 1 unspecified atom stereocenters. The summed E-state index contributed by atoms with van der Waals surface area (Å²) in [7, 11) is 0. The Morgan fingerprint density at radius 1 is 1.57 bits per heavy atom. The van der Waals surface area contributed by atoms with Crippen molar-refractivity contribution in [1.82, 2.24) is 24.2 Å². The van der Waals surface area contributed by atoms with E-state index in [1.54, 1.807) is 6.92 Å². The first kappa shape index (κ1) is 13.5. The highest BCUT2D eigenvalue weighted by molar-refractivity contribution is 7.09. The first-order valence-electron chi connectivity index (χ1n) is 6.16. The van der Waals surface area contributed by atoms with Gasteiger partial charge in [0.15, 0.2) is 0 Å². The van der Waals surface area contributed by atoms with Crippen molar-refractivity contribution >= 4 is 28.7 Å². The van der Waals surface area contributed by atoms with E-state index < -0.39 is 18.0 Å². The zero-order valence-electron chi connectivity index (χ0n) is 11.0. The van der Waals surface area contributed by atoms with Crippen LogP contribution in [-0.4, -0.2) is 47.4 Å². The molecule has 2 amide bonds. The van der Waals surface area contributed by atoms with E-state index in [0.29, 0.717) is 16.6 Å². The molecule has 0 aromatic carbocycles. The number of amides is 2. The van der Waals surface area contributed by atoms with Gasteiger partial charge in [0.1, 0.15) is 11.9 Å². The molecule has 1 aliphatic heterocycles. The van der Waals surface area contributed by atoms with E-state index in [9.17, 15) is 14.7 Å². The van der Waals surface area contributed by atoms with Gasteiger partial charge in [0.2, 0.25) is 5.13 Å². The number of nitrogens with one attached hydrogen (secondary N) is 2. The second-order valence-electron chi connectivity index (χ2n) is 4.59. The average molecular weight is 308 g/mol. The summed E-state index contributed by atoms with van der Waals surface area (Å²) in [5.41, 5.74) is 1.43. The highest BCUT2D eigenvalue weighted by atomic mass is 32.1. The second-order valence-corrected chi connectivity index (χ2v) is 5.34. The van der Waals surface area contributed by atoms with Crippen LogP contribution in [0.25, 0.3) is 0 Å². The van der Waals surface area contributed by atoms with Crippen LogP contribution >= 0.6 is 11.5 Å². The topological polar surface area (TPSA) is 124 Å². The molecule has 1 atom stereocenters. The number of aromatic nitrogens is 4. The average Bonchev–Trinajstić information content (AvgIpc) is 3.05. The summed E-state index contributed by atoms with van der Waals surface area (Å²) >= 11 is 1.05. The molecular weight excluding hydrogens is 296 g/mol. The largest absolute Gasteiger partial charge is 0.480 e. The molecule has 9 nitrogen and oxygen atoms in total. The monoisotopic (exact) mass is 308 g/mol. The molecule has 3 heterocycles. The summed E-state index contributed by atoms with van der Waals surface area (Å²) in [5, 5.41) is 12.2. The van der Waals surface area contributed by atoms with E-state index in [4.69, 9.17) is 0 Å². The van der Waals surface area contributed by atoms with Gasteiger partial charge in [-0.25, -0.2) is 19.6 Å². The van der Waals surface area contributed by atoms with Crippen LogP contribution in [0.3, 0.4) is 0 Å². The van der Waals surface area contributed by atoms with Gasteiger partial charge in [-0.05, 0) is 6.92 Å². The number of aryl methyl sites for hydroxylation is 1. The van der Waals surface area contributed by atoms with Crippen LogP contribution in [0.1, 0.15) is 17.2 Å². The Hall–Kier alpha value is -2.49. The summed E-state index contributed by atoms with van der Waals surface area (Å²) in [6.45, 7) is 1.87. The summed E-state index contributed by atoms with van der Waals surface area (Å²) in [6, 6.07) is -1.46. The Bertz CT molecular complexity index is 696. The first-order chi connectivity index (χ1) is 10.0. The molecule has 3 N–H and O–H groups in total. The van der Waals surface area contributed by atoms with E-state index in [0.717, 1.165) is 17.2 Å². The molecular formula is C11H12N6O3S. The molecule has 10 heteroatoms. The quantitative estimate of drug-likeness (QED) is 0.746. The molecule has 0 radical (unpaired) electrons. The smallest absolute Gasteiger partial charge is 0.326 e. The fourth-order valence-corrected chi connectivity index (χ4v) is 2.75. The number of hydrogen-bond donors (Lipinski definition) is 3. The van der Waals surface area contributed by atoms with Gasteiger partial charge in [0.25, 0.3) is 0 Å². The van der Waals surface area contributed by atoms with E-state index >= 15 is 0 Å². The predicted molar refractivity (Wildman–Crippen MR) is 72.9 cm³/mol. The maximum absolute atomic E-state index is 12.3. The van der Waals surface area contributed by atoms with Crippen LogP contribution in [0.15, 0.2) is 6.33 Å². The predicted octanol–water partition coefficient (Wildman–Crippen LogP) is 0.613.